The van der Waals surface area contributed by atoms with Gasteiger partial charge in [-0.1, -0.05) is 31.2 Å². The summed E-state index contributed by atoms with van der Waals surface area (Å²) in [6.45, 7) is 1.85. The highest BCUT2D eigenvalue weighted by Crippen LogP contribution is 2.26. The maximum Gasteiger partial charge on any atom is 0.372 e. The summed E-state index contributed by atoms with van der Waals surface area (Å²) in [4.78, 5) is 21.8. The molecule has 0 aliphatic rings. The van der Waals surface area contributed by atoms with Gasteiger partial charge in [0.05, 0.1) is 7.11 Å². The number of hydrogen-bond acceptors (Lipinski definition) is 3. The van der Waals surface area contributed by atoms with E-state index in [9.17, 15) is 9.59 Å². The molecule has 0 fully saturated rings. The summed E-state index contributed by atoms with van der Waals surface area (Å²) in [5, 5.41) is 10.7. The molecule has 104 valence electrons. The normalized spacial score (nSPS) is 12.1. The molecule has 2 aromatic rings. The molecule has 2 aromatic carbocycles. The zero-order chi connectivity index (χ0) is 14.7. The third kappa shape index (κ3) is 2.96. The van der Waals surface area contributed by atoms with Crippen molar-refractivity contribution >= 4 is 22.5 Å². The van der Waals surface area contributed by atoms with Gasteiger partial charge in [0.1, 0.15) is 5.75 Å². The third-order valence-electron chi connectivity index (χ3n) is 3.37. The Balaban J connectivity index is 2.27. The largest absolute Gasteiger partial charge is 0.497 e. The average Bonchev–Trinajstić information content (AvgIpc) is 2.45. The number of carboxylic acid groups (broad SMARTS) is 1. The number of carboxylic acids is 1. The van der Waals surface area contributed by atoms with E-state index in [0.717, 1.165) is 22.1 Å². The number of carbonyl (C=O) groups is 2. The van der Waals surface area contributed by atoms with Crippen LogP contribution in [0.1, 0.15) is 24.8 Å². The molecule has 0 bridgehead atoms. The van der Waals surface area contributed by atoms with E-state index in [2.05, 4.69) is 0 Å². The van der Waals surface area contributed by atoms with Gasteiger partial charge in [0, 0.05) is 6.42 Å². The van der Waals surface area contributed by atoms with Gasteiger partial charge in [-0.3, -0.25) is 4.79 Å². The summed E-state index contributed by atoms with van der Waals surface area (Å²) in [5.74, 6) is -1.46. The summed E-state index contributed by atoms with van der Waals surface area (Å²) in [5.41, 5.74) is 0.956. The van der Waals surface area contributed by atoms with E-state index in [1.807, 2.05) is 43.3 Å². The van der Waals surface area contributed by atoms with E-state index in [4.69, 9.17) is 9.84 Å². The van der Waals surface area contributed by atoms with Crippen molar-refractivity contribution in [2.75, 3.05) is 7.11 Å². The lowest BCUT2D eigenvalue weighted by molar-refractivity contribution is -0.149. The number of ketones is 1. The lowest BCUT2D eigenvalue weighted by Crippen LogP contribution is -2.14. The van der Waals surface area contributed by atoms with E-state index in [-0.39, 0.29) is 12.3 Å². The lowest BCUT2D eigenvalue weighted by Gasteiger charge is -2.11. The smallest absolute Gasteiger partial charge is 0.372 e. The average molecular weight is 272 g/mol. The number of hydrogen-bond donors (Lipinski definition) is 1. The molecule has 2 rings (SSSR count). The van der Waals surface area contributed by atoms with Gasteiger partial charge >= 0.3 is 5.97 Å². The molecule has 4 heteroatoms. The highest BCUT2D eigenvalue weighted by atomic mass is 16.5. The predicted octanol–water partition coefficient (Wildman–Crippen LogP) is 3.00. The summed E-state index contributed by atoms with van der Waals surface area (Å²) in [6, 6.07) is 11.6. The second-order valence-electron chi connectivity index (χ2n) is 4.81. The SMILES string of the molecule is COc1ccc2cc(C(C)CC(=O)C(=O)O)ccc2c1. The maximum atomic E-state index is 11.3. The molecule has 1 atom stereocenters. The molecule has 4 nitrogen and oxygen atoms in total. The summed E-state index contributed by atoms with van der Waals surface area (Å²) in [7, 11) is 1.62. The van der Waals surface area contributed by atoms with Gasteiger partial charge < -0.3 is 9.84 Å². The zero-order valence-corrected chi connectivity index (χ0v) is 11.4. The Hall–Kier alpha value is -2.36. The highest BCUT2D eigenvalue weighted by molar-refractivity contribution is 6.32. The topological polar surface area (TPSA) is 63.6 Å². The van der Waals surface area contributed by atoms with E-state index < -0.39 is 11.8 Å². The summed E-state index contributed by atoms with van der Waals surface area (Å²) in [6.07, 6.45) is 0.0109. The predicted molar refractivity (Wildman–Crippen MR) is 76.2 cm³/mol. The second kappa shape index (κ2) is 5.74. The van der Waals surface area contributed by atoms with Crippen LogP contribution in [0.25, 0.3) is 10.8 Å². The van der Waals surface area contributed by atoms with E-state index in [1.165, 1.54) is 0 Å². The minimum absolute atomic E-state index is 0.0109. The first-order valence-corrected chi connectivity index (χ1v) is 6.35. The number of benzene rings is 2. The quantitative estimate of drug-likeness (QED) is 0.850. The van der Waals surface area contributed by atoms with Crippen molar-refractivity contribution in [3.63, 3.8) is 0 Å². The van der Waals surface area contributed by atoms with Crippen molar-refractivity contribution in [2.45, 2.75) is 19.3 Å². The van der Waals surface area contributed by atoms with Gasteiger partial charge in [0.25, 0.3) is 0 Å². The molecule has 1 unspecified atom stereocenters. The van der Waals surface area contributed by atoms with Crippen LogP contribution in [-0.2, 0) is 9.59 Å². The Bertz CT molecular complexity index is 661. The monoisotopic (exact) mass is 272 g/mol. The molecule has 0 amide bonds. The Kier molecular flexibility index (Phi) is 4.03. The first kappa shape index (κ1) is 14.1. The fourth-order valence-corrected chi connectivity index (χ4v) is 2.16. The number of rotatable bonds is 5. The number of carbonyl (C=O) groups excluding carboxylic acids is 1. The molecular formula is C16H16O4. The van der Waals surface area contributed by atoms with E-state index in [1.54, 1.807) is 7.11 Å². The van der Waals surface area contributed by atoms with Crippen LogP contribution in [-0.4, -0.2) is 24.0 Å². The van der Waals surface area contributed by atoms with Gasteiger partial charge in [-0.2, -0.15) is 0 Å². The number of ether oxygens (including phenoxy) is 1. The van der Waals surface area contributed by atoms with Crippen molar-refractivity contribution in [2.24, 2.45) is 0 Å². The van der Waals surface area contributed by atoms with Crippen LogP contribution >= 0.6 is 0 Å². The highest BCUT2D eigenvalue weighted by Gasteiger charge is 2.17. The maximum absolute atomic E-state index is 11.3. The first-order valence-electron chi connectivity index (χ1n) is 6.35. The van der Waals surface area contributed by atoms with Crippen LogP contribution < -0.4 is 4.74 Å². The molecule has 0 saturated carbocycles. The van der Waals surface area contributed by atoms with Crippen molar-refractivity contribution in [3.8, 4) is 5.75 Å². The molecule has 0 spiro atoms. The summed E-state index contributed by atoms with van der Waals surface area (Å²) < 4.78 is 5.17. The third-order valence-corrected chi connectivity index (χ3v) is 3.37. The van der Waals surface area contributed by atoms with Crippen LogP contribution in [0.5, 0.6) is 5.75 Å². The molecule has 0 aliphatic carbocycles. The Morgan fingerprint density at radius 3 is 2.45 bits per heavy atom. The second-order valence-corrected chi connectivity index (χ2v) is 4.81. The molecule has 0 radical (unpaired) electrons. The van der Waals surface area contributed by atoms with Crippen LogP contribution in [0.15, 0.2) is 36.4 Å². The number of aliphatic carboxylic acids is 1. The van der Waals surface area contributed by atoms with Gasteiger partial charge in [0.15, 0.2) is 0 Å². The van der Waals surface area contributed by atoms with E-state index >= 15 is 0 Å². The number of Topliss-reactive ketones (excluding diaryl/α,β-unsaturated/α-hetero) is 1. The molecule has 0 heterocycles. The van der Waals surface area contributed by atoms with Crippen LogP contribution in [0.4, 0.5) is 0 Å². The van der Waals surface area contributed by atoms with Crippen molar-refractivity contribution in [1.82, 2.24) is 0 Å². The number of methoxy groups -OCH3 is 1. The van der Waals surface area contributed by atoms with Gasteiger partial charge in [0.2, 0.25) is 5.78 Å². The molecule has 0 aliphatic heterocycles. The van der Waals surface area contributed by atoms with Crippen LogP contribution in [0, 0.1) is 0 Å². The molecule has 0 saturated heterocycles. The molecule has 20 heavy (non-hydrogen) atoms. The molecule has 1 N–H and O–H groups in total. The van der Waals surface area contributed by atoms with Gasteiger partial charge in [-0.25, -0.2) is 4.79 Å². The van der Waals surface area contributed by atoms with Crippen molar-refractivity contribution < 1.29 is 19.4 Å². The van der Waals surface area contributed by atoms with E-state index in [0.29, 0.717) is 0 Å². The van der Waals surface area contributed by atoms with Crippen LogP contribution in [0.2, 0.25) is 0 Å². The van der Waals surface area contributed by atoms with Crippen molar-refractivity contribution in [3.05, 3.63) is 42.0 Å². The van der Waals surface area contributed by atoms with Gasteiger partial charge in [-0.05, 0) is 34.4 Å². The zero-order valence-electron chi connectivity index (χ0n) is 11.4. The molecule has 0 aromatic heterocycles. The van der Waals surface area contributed by atoms with Gasteiger partial charge in [-0.15, -0.1) is 0 Å². The Morgan fingerprint density at radius 1 is 1.15 bits per heavy atom. The van der Waals surface area contributed by atoms with Crippen molar-refractivity contribution in [1.29, 1.82) is 0 Å². The lowest BCUT2D eigenvalue weighted by atomic mass is 9.93. The summed E-state index contributed by atoms with van der Waals surface area (Å²) >= 11 is 0. The Labute approximate surface area is 117 Å². The minimum atomic E-state index is -1.37. The fourth-order valence-electron chi connectivity index (χ4n) is 2.16. The Morgan fingerprint density at radius 2 is 1.80 bits per heavy atom. The fraction of sp³-hybridized carbons (Fsp3) is 0.250. The standard InChI is InChI=1S/C16H16O4/c1-10(7-15(17)16(18)19)11-3-4-13-9-14(20-2)6-5-12(13)8-11/h3-6,8-10H,7H2,1-2H3,(H,18,19). The minimum Gasteiger partial charge on any atom is -0.497 e. The number of fused-ring (bicyclic) bond motifs is 1. The van der Waals surface area contributed by atoms with Crippen LogP contribution in [0.3, 0.4) is 0 Å². The first-order chi connectivity index (χ1) is 9.51. The molecular weight excluding hydrogens is 256 g/mol.